The second-order valence-corrected chi connectivity index (χ2v) is 5.94. The number of alkyl halides is 1. The number of rotatable bonds is 3. The lowest BCUT2D eigenvalue weighted by Crippen LogP contribution is -2.27. The van der Waals surface area contributed by atoms with E-state index in [9.17, 15) is 4.79 Å². The molecule has 0 bridgehead atoms. The summed E-state index contributed by atoms with van der Waals surface area (Å²) in [7, 11) is 0. The first-order valence-electron chi connectivity index (χ1n) is 6.11. The van der Waals surface area contributed by atoms with Crippen LogP contribution in [0.1, 0.15) is 12.2 Å². The van der Waals surface area contributed by atoms with E-state index in [1.54, 1.807) is 0 Å². The first-order valence-corrected chi connectivity index (χ1v) is 7.03. The van der Waals surface area contributed by atoms with Gasteiger partial charge in [0.25, 0.3) is 0 Å². The van der Waals surface area contributed by atoms with Crippen LogP contribution in [0.2, 0.25) is 0 Å². The Hall–Kier alpha value is -1.29. The van der Waals surface area contributed by atoms with E-state index in [1.165, 1.54) is 0 Å². The molecule has 2 aromatic rings. The third-order valence-electron chi connectivity index (χ3n) is 3.27. The Labute approximate surface area is 114 Å². The van der Waals surface area contributed by atoms with Crippen molar-refractivity contribution in [1.29, 1.82) is 0 Å². The number of hydrogen-bond donors (Lipinski definition) is 0. The van der Waals surface area contributed by atoms with Gasteiger partial charge in [0.05, 0.1) is 0 Å². The fourth-order valence-corrected chi connectivity index (χ4v) is 2.97. The van der Waals surface area contributed by atoms with Crippen LogP contribution in [0.25, 0.3) is 11.0 Å². The van der Waals surface area contributed by atoms with Gasteiger partial charge in [0.15, 0.2) is 0 Å². The minimum atomic E-state index is 0.230. The van der Waals surface area contributed by atoms with Crippen LogP contribution in [0.15, 0.2) is 34.7 Å². The summed E-state index contributed by atoms with van der Waals surface area (Å²) in [6.07, 6.45) is 1.39. The first-order chi connectivity index (χ1) is 8.72. The van der Waals surface area contributed by atoms with Crippen molar-refractivity contribution in [2.45, 2.75) is 17.7 Å². The molecule has 1 amide bonds. The van der Waals surface area contributed by atoms with E-state index in [0.29, 0.717) is 11.2 Å². The summed E-state index contributed by atoms with van der Waals surface area (Å²) < 4.78 is 5.74. The van der Waals surface area contributed by atoms with Gasteiger partial charge in [-0.3, -0.25) is 4.79 Å². The molecular weight excluding hydrogens is 294 g/mol. The number of halogens is 1. The number of fused-ring (bicyclic) bond motifs is 1. The molecular formula is C14H14BrNO2. The van der Waals surface area contributed by atoms with E-state index in [-0.39, 0.29) is 5.91 Å². The van der Waals surface area contributed by atoms with E-state index in [2.05, 4.69) is 22.0 Å². The summed E-state index contributed by atoms with van der Waals surface area (Å²) in [5.41, 5.74) is 0.915. The second kappa shape index (κ2) is 4.76. The van der Waals surface area contributed by atoms with E-state index in [1.807, 2.05) is 29.2 Å². The molecule has 2 heterocycles. The zero-order valence-corrected chi connectivity index (χ0v) is 11.5. The second-order valence-electron chi connectivity index (χ2n) is 4.64. The zero-order chi connectivity index (χ0) is 12.5. The number of hydrogen-bond acceptors (Lipinski definition) is 2. The summed E-state index contributed by atoms with van der Waals surface area (Å²) in [4.78, 5) is 13.8. The van der Waals surface area contributed by atoms with Crippen molar-refractivity contribution in [3.05, 3.63) is 36.1 Å². The minimum absolute atomic E-state index is 0.230. The number of amides is 1. The van der Waals surface area contributed by atoms with Crippen molar-refractivity contribution in [2.24, 2.45) is 0 Å². The highest BCUT2D eigenvalue weighted by Crippen LogP contribution is 2.21. The van der Waals surface area contributed by atoms with Gasteiger partial charge >= 0.3 is 0 Å². The standard InChI is InChI=1S/C14H14BrNO2/c15-11-8-14(17)16(9-11)6-5-12-7-10-3-1-2-4-13(10)18-12/h1-4,7,11H,5-6,8-9H2. The van der Waals surface area contributed by atoms with Crippen molar-refractivity contribution in [1.82, 2.24) is 4.90 Å². The van der Waals surface area contributed by atoms with Gasteiger partial charge in [-0.15, -0.1) is 0 Å². The number of carbonyl (C=O) groups excluding carboxylic acids is 1. The lowest BCUT2D eigenvalue weighted by atomic mass is 10.2. The predicted octanol–water partition coefficient (Wildman–Crippen LogP) is 2.97. The Balaban J connectivity index is 1.68. The molecule has 3 nitrogen and oxygen atoms in total. The van der Waals surface area contributed by atoms with Crippen LogP contribution in [-0.2, 0) is 11.2 Å². The highest BCUT2D eigenvalue weighted by atomic mass is 79.9. The van der Waals surface area contributed by atoms with Crippen LogP contribution in [-0.4, -0.2) is 28.7 Å². The number of nitrogens with zero attached hydrogens (tertiary/aromatic N) is 1. The van der Waals surface area contributed by atoms with Gasteiger partial charge in [-0.05, 0) is 12.1 Å². The van der Waals surface area contributed by atoms with Crippen molar-refractivity contribution >= 4 is 32.8 Å². The van der Waals surface area contributed by atoms with E-state index >= 15 is 0 Å². The van der Waals surface area contributed by atoms with Crippen molar-refractivity contribution in [3.63, 3.8) is 0 Å². The van der Waals surface area contributed by atoms with Gasteiger partial charge in [0.2, 0.25) is 5.91 Å². The molecule has 0 aliphatic carbocycles. The normalized spacial score (nSPS) is 19.9. The van der Waals surface area contributed by atoms with Crippen LogP contribution >= 0.6 is 15.9 Å². The molecule has 1 aliphatic heterocycles. The van der Waals surface area contributed by atoms with Crippen LogP contribution < -0.4 is 0 Å². The molecule has 94 valence electrons. The van der Waals surface area contributed by atoms with Crippen molar-refractivity contribution < 1.29 is 9.21 Å². The van der Waals surface area contributed by atoms with Gasteiger partial charge in [-0.25, -0.2) is 0 Å². The molecule has 1 aromatic heterocycles. The minimum Gasteiger partial charge on any atom is -0.461 e. The largest absolute Gasteiger partial charge is 0.461 e. The fourth-order valence-electron chi connectivity index (χ4n) is 2.35. The topological polar surface area (TPSA) is 33.5 Å². The summed E-state index contributed by atoms with van der Waals surface area (Å²) in [5, 5.41) is 1.12. The molecule has 4 heteroatoms. The number of carbonyl (C=O) groups is 1. The van der Waals surface area contributed by atoms with Gasteiger partial charge in [0.1, 0.15) is 11.3 Å². The van der Waals surface area contributed by atoms with Crippen LogP contribution in [0.5, 0.6) is 0 Å². The van der Waals surface area contributed by atoms with Crippen molar-refractivity contribution in [2.75, 3.05) is 13.1 Å². The smallest absolute Gasteiger partial charge is 0.223 e. The molecule has 3 rings (SSSR count). The Bertz CT molecular complexity index is 545. The maximum absolute atomic E-state index is 11.6. The Kier molecular flexibility index (Phi) is 3.12. The lowest BCUT2D eigenvalue weighted by molar-refractivity contribution is -0.127. The van der Waals surface area contributed by atoms with Crippen LogP contribution in [0.4, 0.5) is 0 Å². The van der Waals surface area contributed by atoms with E-state index in [0.717, 1.165) is 36.2 Å². The number of furan rings is 1. The molecule has 0 N–H and O–H groups in total. The average Bonchev–Trinajstić information content (AvgIpc) is 2.89. The van der Waals surface area contributed by atoms with E-state index in [4.69, 9.17) is 4.42 Å². The highest BCUT2D eigenvalue weighted by molar-refractivity contribution is 9.09. The van der Waals surface area contributed by atoms with E-state index < -0.39 is 0 Å². The molecule has 1 aromatic carbocycles. The molecule has 1 atom stereocenters. The average molecular weight is 308 g/mol. The Morgan fingerprint density at radius 3 is 2.94 bits per heavy atom. The molecule has 1 saturated heterocycles. The molecule has 1 unspecified atom stereocenters. The highest BCUT2D eigenvalue weighted by Gasteiger charge is 2.27. The first kappa shape index (κ1) is 11.8. The summed E-state index contributed by atoms with van der Waals surface area (Å²) >= 11 is 3.49. The molecule has 1 fully saturated rings. The van der Waals surface area contributed by atoms with Gasteiger partial charge in [-0.1, -0.05) is 34.1 Å². The maximum Gasteiger partial charge on any atom is 0.223 e. The lowest BCUT2D eigenvalue weighted by Gasteiger charge is -2.14. The quantitative estimate of drug-likeness (QED) is 0.817. The van der Waals surface area contributed by atoms with Crippen LogP contribution in [0.3, 0.4) is 0 Å². The number of para-hydroxylation sites is 1. The van der Waals surface area contributed by atoms with Crippen LogP contribution in [0, 0.1) is 0 Å². The molecule has 1 aliphatic rings. The molecule has 0 spiro atoms. The number of likely N-dealkylation sites (tertiary alicyclic amines) is 1. The monoisotopic (exact) mass is 307 g/mol. The van der Waals surface area contributed by atoms with Gasteiger partial charge in [0, 0.05) is 36.1 Å². The molecule has 0 radical (unpaired) electrons. The Morgan fingerprint density at radius 1 is 1.39 bits per heavy atom. The summed E-state index contributed by atoms with van der Waals surface area (Å²) in [6.45, 7) is 1.54. The third kappa shape index (κ3) is 2.29. The Morgan fingerprint density at radius 2 is 2.22 bits per heavy atom. The SMILES string of the molecule is O=C1CC(Br)CN1CCc1cc2ccccc2o1. The van der Waals surface area contributed by atoms with Gasteiger partial charge < -0.3 is 9.32 Å². The fraction of sp³-hybridized carbons (Fsp3) is 0.357. The summed E-state index contributed by atoms with van der Waals surface area (Å²) in [6, 6.07) is 10.0. The van der Waals surface area contributed by atoms with Crippen molar-refractivity contribution in [3.8, 4) is 0 Å². The molecule has 0 saturated carbocycles. The maximum atomic E-state index is 11.6. The number of benzene rings is 1. The summed E-state index contributed by atoms with van der Waals surface area (Å²) in [5.74, 6) is 1.18. The molecule has 18 heavy (non-hydrogen) atoms. The van der Waals surface area contributed by atoms with Gasteiger partial charge in [-0.2, -0.15) is 0 Å². The predicted molar refractivity (Wildman–Crippen MR) is 73.8 cm³/mol. The third-order valence-corrected chi connectivity index (χ3v) is 3.89. The zero-order valence-electron chi connectivity index (χ0n) is 9.93.